The average molecular weight is 551 g/mol. The number of ether oxygens (including phenoxy) is 1. The summed E-state index contributed by atoms with van der Waals surface area (Å²) in [6.45, 7) is 2.77. The van der Waals surface area contributed by atoms with E-state index in [0.717, 1.165) is 17.7 Å². The minimum atomic E-state index is -4.12. The summed E-state index contributed by atoms with van der Waals surface area (Å²) in [6.07, 6.45) is 15.3. The first-order valence-electron chi connectivity index (χ1n) is 12.5. The van der Waals surface area contributed by atoms with E-state index in [2.05, 4.69) is 22.9 Å². The zero-order chi connectivity index (χ0) is 24.2. The van der Waals surface area contributed by atoms with Crippen LogP contribution in [-0.4, -0.2) is 41.3 Å². The lowest BCUT2D eigenvalue weighted by molar-refractivity contribution is 0.0753. The molecule has 0 aromatic heterocycles. The fraction of sp³-hybridized carbons (Fsp3) is 0.760. The highest BCUT2D eigenvalue weighted by atomic mass is 79.9. The standard InChI is InChI=1S/C25H44BrO6P/c1-2-3-4-5-6-7-8-9-10-11-12-13-19-30-25-16-14-23(15-17-25)21-24(27)22-32-33(28,29)31-20-18-26/h14-17,24,27H,2-13,18-22H2,1H3,(H,28,29). The van der Waals surface area contributed by atoms with Crippen molar-refractivity contribution in [3.8, 4) is 5.75 Å². The molecule has 0 spiro atoms. The molecule has 0 heterocycles. The number of aliphatic hydroxyl groups is 1. The molecule has 0 saturated heterocycles. The molecule has 0 aliphatic carbocycles. The summed E-state index contributed by atoms with van der Waals surface area (Å²) < 4.78 is 26.9. The maximum atomic E-state index is 11.6. The number of rotatable bonds is 22. The Morgan fingerprint density at radius 3 is 1.94 bits per heavy atom. The molecule has 0 amide bonds. The quantitative estimate of drug-likeness (QED) is 0.0901. The number of halogens is 1. The van der Waals surface area contributed by atoms with Crippen LogP contribution in [0.2, 0.25) is 0 Å². The Balaban J connectivity index is 2.05. The molecule has 1 rings (SSSR count). The lowest BCUT2D eigenvalue weighted by Crippen LogP contribution is -2.18. The van der Waals surface area contributed by atoms with E-state index in [-0.39, 0.29) is 13.2 Å². The fourth-order valence-corrected chi connectivity index (χ4v) is 4.72. The van der Waals surface area contributed by atoms with Gasteiger partial charge in [0.1, 0.15) is 5.75 Å². The van der Waals surface area contributed by atoms with Gasteiger partial charge >= 0.3 is 7.82 Å². The van der Waals surface area contributed by atoms with E-state index in [1.807, 2.05) is 24.3 Å². The van der Waals surface area contributed by atoms with Gasteiger partial charge in [-0.1, -0.05) is 106 Å². The Morgan fingerprint density at radius 1 is 0.848 bits per heavy atom. The van der Waals surface area contributed by atoms with Crippen molar-refractivity contribution < 1.29 is 28.3 Å². The van der Waals surface area contributed by atoms with Crippen LogP contribution < -0.4 is 4.74 Å². The molecule has 2 unspecified atom stereocenters. The van der Waals surface area contributed by atoms with Gasteiger partial charge in [0.2, 0.25) is 0 Å². The molecule has 0 aliphatic rings. The number of unbranched alkanes of at least 4 members (excludes halogenated alkanes) is 11. The third kappa shape index (κ3) is 17.6. The van der Waals surface area contributed by atoms with Crippen molar-refractivity contribution in [3.05, 3.63) is 29.8 Å². The highest BCUT2D eigenvalue weighted by Gasteiger charge is 2.22. The Bertz CT molecular complexity index is 628. The molecule has 0 radical (unpaired) electrons. The van der Waals surface area contributed by atoms with Crippen LogP contribution in [0.3, 0.4) is 0 Å². The smallest absolute Gasteiger partial charge is 0.472 e. The molecule has 0 saturated carbocycles. The Hall–Kier alpha value is -0.430. The topological polar surface area (TPSA) is 85.2 Å². The second-order valence-corrected chi connectivity index (χ2v) is 10.8. The molecule has 0 aliphatic heterocycles. The number of aliphatic hydroxyl groups excluding tert-OH is 1. The largest absolute Gasteiger partial charge is 0.494 e. The van der Waals surface area contributed by atoms with Crippen LogP contribution in [0.5, 0.6) is 5.75 Å². The highest BCUT2D eigenvalue weighted by Crippen LogP contribution is 2.43. The summed E-state index contributed by atoms with van der Waals surface area (Å²) >= 11 is 3.10. The second-order valence-electron chi connectivity index (χ2n) is 8.53. The van der Waals surface area contributed by atoms with Gasteiger partial charge in [0.05, 0.1) is 25.9 Å². The van der Waals surface area contributed by atoms with Gasteiger partial charge in [0.15, 0.2) is 0 Å². The van der Waals surface area contributed by atoms with Crippen LogP contribution in [0.15, 0.2) is 24.3 Å². The van der Waals surface area contributed by atoms with Gasteiger partial charge < -0.3 is 14.7 Å². The van der Waals surface area contributed by atoms with Gasteiger partial charge in [0.25, 0.3) is 0 Å². The van der Waals surface area contributed by atoms with Crippen LogP contribution in [0, 0.1) is 0 Å². The summed E-state index contributed by atoms with van der Waals surface area (Å²) in [5, 5.41) is 10.5. The molecule has 192 valence electrons. The van der Waals surface area contributed by atoms with Crippen LogP contribution in [0.25, 0.3) is 0 Å². The molecule has 33 heavy (non-hydrogen) atoms. The van der Waals surface area contributed by atoms with Gasteiger partial charge in [-0.2, -0.15) is 0 Å². The summed E-state index contributed by atoms with van der Waals surface area (Å²) in [6, 6.07) is 7.56. The van der Waals surface area contributed by atoms with E-state index in [0.29, 0.717) is 18.4 Å². The first-order valence-corrected chi connectivity index (χ1v) is 15.2. The van der Waals surface area contributed by atoms with Crippen molar-refractivity contribution in [1.82, 2.24) is 0 Å². The predicted octanol–water partition coefficient (Wildman–Crippen LogP) is 7.20. The minimum absolute atomic E-state index is 0.0601. The van der Waals surface area contributed by atoms with Gasteiger partial charge in [0, 0.05) is 11.8 Å². The van der Waals surface area contributed by atoms with Crippen LogP contribution >= 0.6 is 23.8 Å². The fourth-order valence-electron chi connectivity index (χ4n) is 3.55. The lowest BCUT2D eigenvalue weighted by atomic mass is 10.1. The Labute approximate surface area is 209 Å². The van der Waals surface area contributed by atoms with E-state index in [1.165, 1.54) is 70.6 Å². The number of benzene rings is 1. The van der Waals surface area contributed by atoms with E-state index in [9.17, 15) is 14.6 Å². The normalized spacial score (nSPS) is 14.2. The van der Waals surface area contributed by atoms with E-state index >= 15 is 0 Å². The van der Waals surface area contributed by atoms with Crippen molar-refractivity contribution in [2.75, 3.05) is 25.2 Å². The molecule has 2 N–H and O–H groups in total. The first kappa shape index (κ1) is 30.6. The van der Waals surface area contributed by atoms with Crippen LogP contribution in [0.1, 0.15) is 89.5 Å². The number of hydrogen-bond acceptors (Lipinski definition) is 5. The summed E-state index contributed by atoms with van der Waals surface area (Å²) in [5.41, 5.74) is 0.901. The number of alkyl halides is 1. The van der Waals surface area contributed by atoms with E-state index in [1.54, 1.807) is 0 Å². The predicted molar refractivity (Wildman–Crippen MR) is 138 cm³/mol. The monoisotopic (exact) mass is 550 g/mol. The van der Waals surface area contributed by atoms with Crippen molar-refractivity contribution >= 4 is 23.8 Å². The zero-order valence-corrected chi connectivity index (χ0v) is 22.7. The van der Waals surface area contributed by atoms with Gasteiger partial charge in [-0.25, -0.2) is 4.57 Å². The Morgan fingerprint density at radius 2 is 1.39 bits per heavy atom. The SMILES string of the molecule is CCCCCCCCCCCCCCOc1ccc(CC(O)COP(=O)(O)OCCBr)cc1. The maximum absolute atomic E-state index is 11.6. The van der Waals surface area contributed by atoms with Gasteiger partial charge in [-0.15, -0.1) is 0 Å². The first-order chi connectivity index (χ1) is 16.0. The van der Waals surface area contributed by atoms with Gasteiger partial charge in [-0.3, -0.25) is 9.05 Å². The second kappa shape index (κ2) is 19.8. The van der Waals surface area contributed by atoms with Crippen LogP contribution in [0.4, 0.5) is 0 Å². The maximum Gasteiger partial charge on any atom is 0.472 e. The van der Waals surface area contributed by atoms with Crippen molar-refractivity contribution in [2.24, 2.45) is 0 Å². The molecule has 2 atom stereocenters. The third-order valence-electron chi connectivity index (χ3n) is 5.42. The van der Waals surface area contributed by atoms with Crippen LogP contribution in [-0.2, 0) is 20.0 Å². The average Bonchev–Trinajstić information content (AvgIpc) is 2.80. The van der Waals surface area contributed by atoms with Crippen molar-refractivity contribution in [3.63, 3.8) is 0 Å². The van der Waals surface area contributed by atoms with Crippen molar-refractivity contribution in [2.45, 2.75) is 96.5 Å². The minimum Gasteiger partial charge on any atom is -0.494 e. The molecule has 6 nitrogen and oxygen atoms in total. The number of phosphoric acid groups is 1. The Kier molecular flexibility index (Phi) is 18.4. The molecule has 1 aromatic carbocycles. The van der Waals surface area contributed by atoms with Gasteiger partial charge in [-0.05, 0) is 24.1 Å². The van der Waals surface area contributed by atoms with E-state index in [4.69, 9.17) is 13.8 Å². The molecule has 8 heteroatoms. The molecule has 0 bridgehead atoms. The van der Waals surface area contributed by atoms with E-state index < -0.39 is 13.9 Å². The molecule has 0 fully saturated rings. The zero-order valence-electron chi connectivity index (χ0n) is 20.3. The number of phosphoric ester groups is 1. The summed E-state index contributed by atoms with van der Waals surface area (Å²) in [5.74, 6) is 0.815. The molecular weight excluding hydrogens is 507 g/mol. The number of hydrogen-bond donors (Lipinski definition) is 2. The third-order valence-corrected chi connectivity index (χ3v) is 6.73. The summed E-state index contributed by atoms with van der Waals surface area (Å²) in [7, 11) is -4.12. The highest BCUT2D eigenvalue weighted by molar-refractivity contribution is 9.09. The summed E-state index contributed by atoms with van der Waals surface area (Å²) in [4.78, 5) is 9.48. The lowest BCUT2D eigenvalue weighted by Gasteiger charge is -2.15. The van der Waals surface area contributed by atoms with Crippen molar-refractivity contribution in [1.29, 1.82) is 0 Å². The molecular formula is C25H44BrO6P. The molecule has 1 aromatic rings.